The quantitative estimate of drug-likeness (QED) is 0.140. The molecule has 1 aromatic heterocycles. The lowest BCUT2D eigenvalue weighted by molar-refractivity contribution is -0.134. The molecular weight excluding hydrogens is 560 g/mol. The van der Waals surface area contributed by atoms with Crippen LogP contribution in [0.3, 0.4) is 0 Å². The van der Waals surface area contributed by atoms with Crippen LogP contribution in [0.2, 0.25) is 0 Å². The van der Waals surface area contributed by atoms with Crippen molar-refractivity contribution in [1.29, 1.82) is 0 Å². The average molecular weight is 606 g/mol. The normalized spacial score (nSPS) is 16.9. The Bertz CT molecular complexity index is 1060. The zero-order valence-corrected chi connectivity index (χ0v) is 26.1. The summed E-state index contributed by atoms with van der Waals surface area (Å²) in [4.78, 5) is 19.9. The van der Waals surface area contributed by atoms with Crippen molar-refractivity contribution >= 4 is 34.7 Å². The van der Waals surface area contributed by atoms with Crippen LogP contribution in [-0.2, 0) is 16.8 Å². The lowest BCUT2D eigenvalue weighted by Gasteiger charge is -2.35. The Balaban J connectivity index is 0.00000400. The second-order valence-electron chi connectivity index (χ2n) is 11.2. The smallest absolute Gasteiger partial charge is 0.311 e. The highest BCUT2D eigenvalue weighted by Gasteiger charge is 2.35. The molecule has 5 nitrogen and oxygen atoms in total. The first-order chi connectivity index (χ1) is 17.9. The summed E-state index contributed by atoms with van der Waals surface area (Å²) in [6.45, 7) is 11.9. The van der Waals surface area contributed by atoms with Gasteiger partial charge in [0.05, 0.1) is 5.56 Å². The number of esters is 1. The van der Waals surface area contributed by atoms with E-state index in [1.165, 1.54) is 37.2 Å². The van der Waals surface area contributed by atoms with Crippen molar-refractivity contribution in [2.75, 3.05) is 31.1 Å². The molecule has 2 aliphatic heterocycles. The molecule has 0 aliphatic carbocycles. The molecule has 210 valence electrons. The number of fused-ring (bicyclic) bond motifs is 3. The van der Waals surface area contributed by atoms with E-state index in [2.05, 4.69) is 49.7 Å². The third-order valence-corrected chi connectivity index (χ3v) is 8.58. The molecule has 0 saturated carbocycles. The van der Waals surface area contributed by atoms with Crippen molar-refractivity contribution in [3.63, 3.8) is 0 Å². The number of rotatable bonds is 12. The van der Waals surface area contributed by atoms with Gasteiger partial charge in [0.25, 0.3) is 0 Å². The first-order valence-electron chi connectivity index (χ1n) is 14.2. The molecular formula is C31H45BrN2O3S. The number of carbonyl (C=O) groups excluding carboxylic acids is 1. The second kappa shape index (κ2) is 14.7. The van der Waals surface area contributed by atoms with Gasteiger partial charge in [0.1, 0.15) is 17.1 Å². The van der Waals surface area contributed by atoms with E-state index in [9.17, 15) is 4.79 Å². The highest BCUT2D eigenvalue weighted by atomic mass is 79.9. The van der Waals surface area contributed by atoms with Gasteiger partial charge in [-0.2, -0.15) is 11.8 Å². The Labute approximate surface area is 244 Å². The van der Waals surface area contributed by atoms with Crippen molar-refractivity contribution in [3.05, 3.63) is 41.7 Å². The largest absolute Gasteiger partial charge is 0.482 e. The van der Waals surface area contributed by atoms with E-state index in [0.29, 0.717) is 18.1 Å². The van der Waals surface area contributed by atoms with E-state index in [-0.39, 0.29) is 23.0 Å². The van der Waals surface area contributed by atoms with Gasteiger partial charge in [0.2, 0.25) is 0 Å². The van der Waals surface area contributed by atoms with Gasteiger partial charge in [-0.05, 0) is 69.3 Å². The maximum absolute atomic E-state index is 13.0. The predicted molar refractivity (Wildman–Crippen MR) is 164 cm³/mol. The van der Waals surface area contributed by atoms with Crippen molar-refractivity contribution in [2.45, 2.75) is 84.7 Å². The number of thioether (sulfide) groups is 1. The Morgan fingerprint density at radius 2 is 1.97 bits per heavy atom. The van der Waals surface area contributed by atoms with E-state index in [0.717, 1.165) is 66.9 Å². The van der Waals surface area contributed by atoms with Crippen molar-refractivity contribution in [2.24, 2.45) is 5.92 Å². The van der Waals surface area contributed by atoms with Crippen molar-refractivity contribution in [3.8, 4) is 22.6 Å². The summed E-state index contributed by atoms with van der Waals surface area (Å²) in [5.74, 6) is 4.26. The number of halogens is 1. The summed E-state index contributed by atoms with van der Waals surface area (Å²) >= 11 is 2.01. The van der Waals surface area contributed by atoms with Crippen LogP contribution in [-0.4, -0.2) is 47.0 Å². The zero-order chi connectivity index (χ0) is 26.3. The van der Waals surface area contributed by atoms with Crippen LogP contribution in [0.4, 0.5) is 0 Å². The van der Waals surface area contributed by atoms with E-state index in [1.807, 2.05) is 24.0 Å². The van der Waals surface area contributed by atoms with Crippen LogP contribution in [0.1, 0.15) is 83.8 Å². The minimum absolute atomic E-state index is 0. The Morgan fingerprint density at radius 1 is 1.18 bits per heavy atom. The first kappa shape index (κ1) is 31.0. The number of ether oxygens (including phenoxy) is 2. The molecule has 0 N–H and O–H groups in total. The number of aryl methyl sites for hydroxylation is 1. The van der Waals surface area contributed by atoms with E-state index < -0.39 is 5.60 Å². The fourth-order valence-electron chi connectivity index (χ4n) is 5.41. The molecule has 0 bridgehead atoms. The minimum atomic E-state index is -0.481. The lowest BCUT2D eigenvalue weighted by atomic mass is 9.86. The SMILES string of the molecule is Br.CCCCCC(C)CCc1cc(OC(=O)CCCN2CCSCC2)c2c(c1)OC(C)(C)c1ccncc1-2. The van der Waals surface area contributed by atoms with Gasteiger partial charge in [-0.1, -0.05) is 39.5 Å². The molecule has 0 spiro atoms. The number of carbonyl (C=O) groups is 1. The highest BCUT2D eigenvalue weighted by Crippen LogP contribution is 2.49. The molecule has 38 heavy (non-hydrogen) atoms. The molecule has 1 aromatic carbocycles. The summed E-state index contributed by atoms with van der Waals surface area (Å²) in [6, 6.07) is 6.22. The van der Waals surface area contributed by atoms with E-state index in [4.69, 9.17) is 9.47 Å². The number of unbranched alkanes of at least 4 members (excludes halogenated alkanes) is 2. The standard InChI is InChI=1S/C31H44N2O3S.BrH/c1-5-6-7-9-23(2)11-12-24-20-27(35-29(34)10-8-15-33-16-18-37-19-17-33)30-25-22-32-14-13-26(25)31(3,4)36-28(30)21-24;/h13-14,20-23H,5-12,15-19H2,1-4H3;1H. The van der Waals surface area contributed by atoms with E-state index in [1.54, 1.807) is 6.20 Å². The highest BCUT2D eigenvalue weighted by molar-refractivity contribution is 8.93. The van der Waals surface area contributed by atoms with Crippen LogP contribution >= 0.6 is 28.7 Å². The number of hydrogen-bond acceptors (Lipinski definition) is 6. The Kier molecular flexibility index (Phi) is 12.0. The summed E-state index contributed by atoms with van der Waals surface area (Å²) in [5.41, 5.74) is 3.58. The molecule has 0 radical (unpaired) electrons. The summed E-state index contributed by atoms with van der Waals surface area (Å²) in [5, 5.41) is 0. The minimum Gasteiger partial charge on any atom is -0.482 e. The number of benzene rings is 1. The second-order valence-corrected chi connectivity index (χ2v) is 12.4. The monoisotopic (exact) mass is 604 g/mol. The predicted octanol–water partition coefficient (Wildman–Crippen LogP) is 7.84. The van der Waals surface area contributed by atoms with Crippen LogP contribution in [0, 0.1) is 5.92 Å². The van der Waals surface area contributed by atoms with E-state index >= 15 is 0 Å². The molecule has 1 fully saturated rings. The van der Waals surface area contributed by atoms with Crippen molar-refractivity contribution < 1.29 is 14.3 Å². The Hall–Kier alpha value is -1.57. The molecule has 1 atom stereocenters. The number of hydrogen-bond donors (Lipinski definition) is 0. The average Bonchev–Trinajstić information content (AvgIpc) is 2.88. The summed E-state index contributed by atoms with van der Waals surface area (Å²) in [7, 11) is 0. The van der Waals surface area contributed by atoms with Crippen molar-refractivity contribution in [1.82, 2.24) is 9.88 Å². The van der Waals surface area contributed by atoms with Gasteiger partial charge in [-0.25, -0.2) is 0 Å². The van der Waals surface area contributed by atoms with Gasteiger partial charge in [0, 0.05) is 54.5 Å². The van der Waals surface area contributed by atoms with Gasteiger partial charge in [0.15, 0.2) is 0 Å². The molecule has 3 heterocycles. The molecule has 1 saturated heterocycles. The maximum Gasteiger partial charge on any atom is 0.311 e. The summed E-state index contributed by atoms with van der Waals surface area (Å²) < 4.78 is 12.6. The topological polar surface area (TPSA) is 51.7 Å². The van der Waals surface area contributed by atoms with Gasteiger partial charge in [-0.3, -0.25) is 9.78 Å². The van der Waals surface area contributed by atoms with Crippen LogP contribution in [0.25, 0.3) is 11.1 Å². The lowest BCUT2D eigenvalue weighted by Crippen LogP contribution is -2.33. The molecule has 1 unspecified atom stereocenters. The third-order valence-electron chi connectivity index (χ3n) is 7.64. The van der Waals surface area contributed by atoms with Crippen LogP contribution < -0.4 is 9.47 Å². The fourth-order valence-corrected chi connectivity index (χ4v) is 6.39. The van der Waals surface area contributed by atoms with Gasteiger partial charge in [-0.15, -0.1) is 17.0 Å². The fraction of sp³-hybridized carbons (Fsp3) is 0.613. The summed E-state index contributed by atoms with van der Waals surface area (Å²) in [6.07, 6.45) is 12.1. The molecule has 0 amide bonds. The number of pyridine rings is 1. The first-order valence-corrected chi connectivity index (χ1v) is 15.3. The van der Waals surface area contributed by atoms with Gasteiger partial charge < -0.3 is 14.4 Å². The zero-order valence-electron chi connectivity index (χ0n) is 23.6. The van der Waals surface area contributed by atoms with Gasteiger partial charge >= 0.3 is 5.97 Å². The molecule has 4 rings (SSSR count). The number of aromatic nitrogens is 1. The molecule has 7 heteroatoms. The molecule has 2 aliphatic rings. The van der Waals surface area contributed by atoms with Crippen LogP contribution in [0.15, 0.2) is 30.6 Å². The number of nitrogens with zero attached hydrogens (tertiary/aromatic N) is 2. The molecule has 2 aromatic rings. The Morgan fingerprint density at radius 3 is 2.74 bits per heavy atom. The maximum atomic E-state index is 13.0. The van der Waals surface area contributed by atoms with Crippen LogP contribution in [0.5, 0.6) is 11.5 Å². The third kappa shape index (κ3) is 8.22.